The van der Waals surface area contributed by atoms with Gasteiger partial charge in [-0.3, -0.25) is 4.79 Å². The summed E-state index contributed by atoms with van der Waals surface area (Å²) in [5.41, 5.74) is 0. The Morgan fingerprint density at radius 3 is 2.42 bits per heavy atom. The van der Waals surface area contributed by atoms with Gasteiger partial charge in [0, 0.05) is 44.5 Å². The van der Waals surface area contributed by atoms with Gasteiger partial charge in [0.25, 0.3) is 0 Å². The summed E-state index contributed by atoms with van der Waals surface area (Å²) in [6.45, 7) is 1.64. The van der Waals surface area contributed by atoms with Gasteiger partial charge in [0.2, 0.25) is 21.9 Å². The molecule has 8 nitrogen and oxygen atoms in total. The molecule has 1 saturated heterocycles. The van der Waals surface area contributed by atoms with E-state index in [1.165, 1.54) is 4.31 Å². The van der Waals surface area contributed by atoms with E-state index in [0.717, 1.165) is 10.8 Å². The molecule has 2 aromatic carbocycles. The maximum absolute atomic E-state index is 13.1. The van der Waals surface area contributed by atoms with Crippen molar-refractivity contribution in [2.45, 2.75) is 17.7 Å². The molecule has 31 heavy (non-hydrogen) atoms. The van der Waals surface area contributed by atoms with Crippen molar-refractivity contribution in [3.63, 3.8) is 0 Å². The van der Waals surface area contributed by atoms with E-state index in [4.69, 9.17) is 0 Å². The third-order valence-corrected chi connectivity index (χ3v) is 7.35. The van der Waals surface area contributed by atoms with Crippen molar-refractivity contribution in [1.29, 1.82) is 0 Å². The second kappa shape index (κ2) is 9.40. The Hall–Kier alpha value is -3.04. The zero-order chi connectivity index (χ0) is 21.7. The number of carbonyl (C=O) groups excluding carboxylic acids is 1. The fourth-order valence-electron chi connectivity index (χ4n) is 3.73. The Kier molecular flexibility index (Phi) is 6.43. The van der Waals surface area contributed by atoms with Crippen molar-refractivity contribution in [2.75, 3.05) is 31.5 Å². The Morgan fingerprint density at radius 1 is 0.968 bits per heavy atom. The average molecular weight is 440 g/mol. The molecular formula is C22H25N5O3S. The maximum atomic E-state index is 13.1. The van der Waals surface area contributed by atoms with Crippen molar-refractivity contribution in [1.82, 2.24) is 19.6 Å². The van der Waals surface area contributed by atoms with Crippen LogP contribution >= 0.6 is 0 Å². The number of aromatic nitrogens is 2. The summed E-state index contributed by atoms with van der Waals surface area (Å²) in [4.78, 5) is 20.9. The van der Waals surface area contributed by atoms with Crippen LogP contribution in [0.25, 0.3) is 10.8 Å². The van der Waals surface area contributed by atoms with E-state index in [-0.39, 0.29) is 11.8 Å². The Bertz CT molecular complexity index is 1150. The number of rotatable bonds is 7. The summed E-state index contributed by atoms with van der Waals surface area (Å²) >= 11 is 0. The lowest BCUT2D eigenvalue weighted by Gasteiger charge is -2.30. The number of hydrogen-bond donors (Lipinski definition) is 2. The Balaban J connectivity index is 1.28. The maximum Gasteiger partial charge on any atom is 0.243 e. The first-order chi connectivity index (χ1) is 15.0. The molecule has 162 valence electrons. The molecule has 1 fully saturated rings. The van der Waals surface area contributed by atoms with Crippen LogP contribution in [0, 0.1) is 5.92 Å². The van der Waals surface area contributed by atoms with Crippen LogP contribution in [0.4, 0.5) is 5.95 Å². The molecule has 0 saturated carbocycles. The summed E-state index contributed by atoms with van der Waals surface area (Å²) in [5, 5.41) is 7.84. The monoisotopic (exact) mass is 439 g/mol. The van der Waals surface area contributed by atoms with E-state index in [1.807, 2.05) is 30.3 Å². The highest BCUT2D eigenvalue weighted by atomic mass is 32.2. The third-order valence-electron chi connectivity index (χ3n) is 5.46. The topological polar surface area (TPSA) is 104 Å². The van der Waals surface area contributed by atoms with Crippen LogP contribution in [0.5, 0.6) is 0 Å². The molecule has 9 heteroatoms. The molecule has 2 N–H and O–H groups in total. The van der Waals surface area contributed by atoms with Crippen molar-refractivity contribution >= 4 is 32.7 Å². The standard InChI is InChI=1S/C22H25N5O3S/c28-21(23-12-13-26-22-24-10-3-11-25-22)18-8-14-27(15-9-18)31(29,30)20-7-6-17-4-1-2-5-19(17)16-20/h1-7,10-11,16,18H,8-9,12-15H2,(H,23,28)(H,24,25,26). The number of hydrogen-bond acceptors (Lipinski definition) is 6. The number of piperidine rings is 1. The summed E-state index contributed by atoms with van der Waals surface area (Å²) in [6.07, 6.45) is 4.31. The van der Waals surface area contributed by atoms with Gasteiger partial charge in [-0.05, 0) is 41.8 Å². The van der Waals surface area contributed by atoms with Gasteiger partial charge in [0.1, 0.15) is 0 Å². The van der Waals surface area contributed by atoms with E-state index in [1.54, 1.807) is 30.6 Å². The minimum atomic E-state index is -3.58. The molecule has 1 aliphatic heterocycles. The van der Waals surface area contributed by atoms with Gasteiger partial charge in [0.05, 0.1) is 4.90 Å². The van der Waals surface area contributed by atoms with Crippen molar-refractivity contribution in [2.24, 2.45) is 5.92 Å². The van der Waals surface area contributed by atoms with E-state index in [0.29, 0.717) is 49.9 Å². The second-order valence-electron chi connectivity index (χ2n) is 7.48. The van der Waals surface area contributed by atoms with Crippen LogP contribution < -0.4 is 10.6 Å². The lowest BCUT2D eigenvalue weighted by Crippen LogP contribution is -2.43. The van der Waals surface area contributed by atoms with Crippen LogP contribution in [-0.4, -0.2) is 54.8 Å². The van der Waals surface area contributed by atoms with Crippen LogP contribution in [-0.2, 0) is 14.8 Å². The number of carbonyl (C=O) groups is 1. The predicted molar refractivity (Wildman–Crippen MR) is 119 cm³/mol. The molecule has 1 aliphatic rings. The van der Waals surface area contributed by atoms with Crippen molar-refractivity contribution in [3.05, 3.63) is 60.9 Å². The van der Waals surface area contributed by atoms with E-state index >= 15 is 0 Å². The van der Waals surface area contributed by atoms with Gasteiger partial charge in [0.15, 0.2) is 0 Å². The van der Waals surface area contributed by atoms with Crippen LogP contribution in [0.2, 0.25) is 0 Å². The average Bonchev–Trinajstić information content (AvgIpc) is 2.82. The van der Waals surface area contributed by atoms with Crippen molar-refractivity contribution in [3.8, 4) is 0 Å². The minimum absolute atomic E-state index is 0.0430. The predicted octanol–water partition coefficient (Wildman–Crippen LogP) is 2.26. The van der Waals surface area contributed by atoms with Gasteiger partial charge in [-0.25, -0.2) is 18.4 Å². The normalized spacial score (nSPS) is 15.6. The summed E-state index contributed by atoms with van der Waals surface area (Å²) in [6, 6.07) is 14.6. The van der Waals surface area contributed by atoms with Gasteiger partial charge in [-0.2, -0.15) is 4.31 Å². The number of sulfonamides is 1. The molecule has 3 aromatic rings. The molecule has 0 radical (unpaired) electrons. The summed E-state index contributed by atoms with van der Waals surface area (Å²) in [5.74, 6) is 0.290. The second-order valence-corrected chi connectivity index (χ2v) is 9.42. The van der Waals surface area contributed by atoms with Gasteiger partial charge >= 0.3 is 0 Å². The molecule has 4 rings (SSSR count). The van der Waals surface area contributed by atoms with Gasteiger partial charge in [-0.15, -0.1) is 0 Å². The first-order valence-corrected chi connectivity index (χ1v) is 11.8. The Morgan fingerprint density at radius 2 is 1.68 bits per heavy atom. The number of nitrogens with one attached hydrogen (secondary N) is 2. The highest BCUT2D eigenvalue weighted by molar-refractivity contribution is 7.89. The molecule has 0 bridgehead atoms. The quantitative estimate of drug-likeness (QED) is 0.547. The zero-order valence-corrected chi connectivity index (χ0v) is 17.9. The molecule has 0 unspecified atom stereocenters. The summed E-state index contributed by atoms with van der Waals surface area (Å²) in [7, 11) is -3.58. The van der Waals surface area contributed by atoms with Crippen LogP contribution in [0.3, 0.4) is 0 Å². The molecule has 1 amide bonds. The minimum Gasteiger partial charge on any atom is -0.354 e. The highest BCUT2D eigenvalue weighted by Gasteiger charge is 2.32. The molecule has 0 spiro atoms. The third kappa shape index (κ3) is 5.00. The molecule has 1 aromatic heterocycles. The largest absolute Gasteiger partial charge is 0.354 e. The van der Waals surface area contributed by atoms with Crippen LogP contribution in [0.15, 0.2) is 65.8 Å². The molecular weight excluding hydrogens is 414 g/mol. The number of amides is 1. The van der Waals surface area contributed by atoms with Crippen molar-refractivity contribution < 1.29 is 13.2 Å². The fourth-order valence-corrected chi connectivity index (χ4v) is 5.24. The first kappa shape index (κ1) is 21.2. The zero-order valence-electron chi connectivity index (χ0n) is 17.1. The molecule has 2 heterocycles. The first-order valence-electron chi connectivity index (χ1n) is 10.3. The lowest BCUT2D eigenvalue weighted by atomic mass is 9.97. The van der Waals surface area contributed by atoms with E-state index < -0.39 is 10.0 Å². The summed E-state index contributed by atoms with van der Waals surface area (Å²) < 4.78 is 27.6. The SMILES string of the molecule is O=C(NCCNc1ncccn1)C1CCN(S(=O)(=O)c2ccc3ccccc3c2)CC1. The Labute approximate surface area is 181 Å². The molecule has 0 atom stereocenters. The highest BCUT2D eigenvalue weighted by Crippen LogP contribution is 2.26. The number of benzene rings is 2. The van der Waals surface area contributed by atoms with Gasteiger partial charge in [-0.1, -0.05) is 30.3 Å². The number of fused-ring (bicyclic) bond motifs is 1. The van der Waals surface area contributed by atoms with E-state index in [9.17, 15) is 13.2 Å². The fraction of sp³-hybridized carbons (Fsp3) is 0.318. The number of anilines is 1. The molecule has 0 aliphatic carbocycles. The lowest BCUT2D eigenvalue weighted by molar-refractivity contribution is -0.126. The van der Waals surface area contributed by atoms with Gasteiger partial charge < -0.3 is 10.6 Å². The van der Waals surface area contributed by atoms with E-state index in [2.05, 4.69) is 20.6 Å². The van der Waals surface area contributed by atoms with Crippen LogP contribution in [0.1, 0.15) is 12.8 Å². The number of nitrogens with zero attached hydrogens (tertiary/aromatic N) is 3. The smallest absolute Gasteiger partial charge is 0.243 e.